The first-order chi connectivity index (χ1) is 7.75. The van der Waals surface area contributed by atoms with Gasteiger partial charge in [0.2, 0.25) is 0 Å². The highest BCUT2D eigenvalue weighted by Gasteiger charge is 2.19. The van der Waals surface area contributed by atoms with E-state index in [1.165, 1.54) is 48.0 Å². The molecular formula is C13H20BrNS. The average Bonchev–Trinajstić information content (AvgIpc) is 2.99. The van der Waals surface area contributed by atoms with Crippen LogP contribution in [0, 0.1) is 5.92 Å². The van der Waals surface area contributed by atoms with Gasteiger partial charge in [-0.15, -0.1) is 11.3 Å². The smallest absolute Gasteiger partial charge is 0.0314 e. The van der Waals surface area contributed by atoms with Crippen molar-refractivity contribution in [3.63, 3.8) is 0 Å². The van der Waals surface area contributed by atoms with Crippen LogP contribution in [0.25, 0.3) is 0 Å². The second kappa shape index (κ2) is 6.18. The van der Waals surface area contributed by atoms with Crippen LogP contribution in [0.5, 0.6) is 0 Å². The van der Waals surface area contributed by atoms with E-state index >= 15 is 0 Å². The summed E-state index contributed by atoms with van der Waals surface area (Å²) in [6.07, 6.45) is 6.65. The third-order valence-corrected chi connectivity index (χ3v) is 5.19. The van der Waals surface area contributed by atoms with E-state index in [2.05, 4.69) is 39.6 Å². The minimum atomic E-state index is 0.834. The predicted molar refractivity (Wildman–Crippen MR) is 75.1 cm³/mol. The monoisotopic (exact) mass is 301 g/mol. The van der Waals surface area contributed by atoms with Gasteiger partial charge >= 0.3 is 0 Å². The van der Waals surface area contributed by atoms with Gasteiger partial charge < -0.3 is 5.32 Å². The molecule has 0 aromatic carbocycles. The van der Waals surface area contributed by atoms with E-state index in [9.17, 15) is 0 Å². The Morgan fingerprint density at radius 3 is 2.94 bits per heavy atom. The van der Waals surface area contributed by atoms with Crippen molar-refractivity contribution in [2.45, 2.75) is 45.1 Å². The molecule has 1 aromatic heterocycles. The zero-order valence-electron chi connectivity index (χ0n) is 9.84. The summed E-state index contributed by atoms with van der Waals surface area (Å²) in [6, 6.07) is 3.01. The first kappa shape index (κ1) is 12.6. The molecular weight excluding hydrogens is 282 g/mol. The first-order valence-corrected chi connectivity index (χ1v) is 7.88. The van der Waals surface area contributed by atoms with Crippen molar-refractivity contribution in [1.29, 1.82) is 0 Å². The van der Waals surface area contributed by atoms with E-state index in [0.717, 1.165) is 12.0 Å². The molecule has 1 aliphatic carbocycles. The molecule has 1 aromatic rings. The normalized spacial score (nSPS) is 17.6. The zero-order valence-corrected chi connectivity index (χ0v) is 12.2. The van der Waals surface area contributed by atoms with Crippen molar-refractivity contribution < 1.29 is 0 Å². The summed E-state index contributed by atoms with van der Waals surface area (Å²) in [5.41, 5.74) is 0. The van der Waals surface area contributed by atoms with Gasteiger partial charge in [-0.3, -0.25) is 0 Å². The van der Waals surface area contributed by atoms with Crippen molar-refractivity contribution in [2.75, 3.05) is 6.54 Å². The summed E-state index contributed by atoms with van der Waals surface area (Å²) in [6.45, 7) is 3.58. The average molecular weight is 302 g/mol. The fourth-order valence-electron chi connectivity index (χ4n) is 1.85. The predicted octanol–water partition coefficient (Wildman–Crippen LogP) is 4.22. The zero-order chi connectivity index (χ0) is 11.4. The third-order valence-electron chi connectivity index (χ3n) is 3.20. The van der Waals surface area contributed by atoms with Crippen LogP contribution in [0.1, 0.15) is 37.5 Å². The van der Waals surface area contributed by atoms with Crippen molar-refractivity contribution >= 4 is 27.3 Å². The number of hydrogen-bond donors (Lipinski definition) is 1. The molecule has 16 heavy (non-hydrogen) atoms. The summed E-state index contributed by atoms with van der Waals surface area (Å²) >= 11 is 5.46. The first-order valence-electron chi connectivity index (χ1n) is 6.21. The summed E-state index contributed by atoms with van der Waals surface area (Å²) in [7, 11) is 0. The molecule has 1 fully saturated rings. The maximum Gasteiger partial charge on any atom is 0.0314 e. The lowest BCUT2D eigenvalue weighted by atomic mass is 10.0. The van der Waals surface area contributed by atoms with Gasteiger partial charge in [0.05, 0.1) is 0 Å². The molecule has 1 N–H and O–H groups in total. The molecule has 0 saturated heterocycles. The van der Waals surface area contributed by atoms with Crippen LogP contribution < -0.4 is 5.32 Å². The van der Waals surface area contributed by atoms with Crippen LogP contribution in [0.4, 0.5) is 0 Å². The Balaban J connectivity index is 1.59. The highest BCUT2D eigenvalue weighted by molar-refractivity contribution is 9.10. The van der Waals surface area contributed by atoms with Crippen molar-refractivity contribution in [1.82, 2.24) is 5.32 Å². The van der Waals surface area contributed by atoms with Crippen LogP contribution in [-0.2, 0) is 6.42 Å². The maximum absolute atomic E-state index is 3.59. The van der Waals surface area contributed by atoms with E-state index in [1.54, 1.807) is 0 Å². The van der Waals surface area contributed by atoms with Gasteiger partial charge in [0.1, 0.15) is 0 Å². The highest BCUT2D eigenvalue weighted by atomic mass is 79.9. The highest BCUT2D eigenvalue weighted by Crippen LogP contribution is 2.25. The van der Waals surface area contributed by atoms with Crippen LogP contribution in [0.2, 0.25) is 0 Å². The summed E-state index contributed by atoms with van der Waals surface area (Å²) in [5.74, 6) is 0.834. The molecule has 1 aliphatic rings. The quantitative estimate of drug-likeness (QED) is 0.795. The number of halogens is 1. The largest absolute Gasteiger partial charge is 0.314 e. The van der Waals surface area contributed by atoms with E-state index < -0.39 is 0 Å². The van der Waals surface area contributed by atoms with Gasteiger partial charge in [0.15, 0.2) is 0 Å². The van der Waals surface area contributed by atoms with Crippen LogP contribution >= 0.6 is 27.3 Å². The molecule has 1 unspecified atom stereocenters. The Kier molecular flexibility index (Phi) is 4.86. The van der Waals surface area contributed by atoms with Gasteiger partial charge in [-0.2, -0.15) is 0 Å². The summed E-state index contributed by atoms with van der Waals surface area (Å²) in [5, 5.41) is 5.75. The molecule has 0 aliphatic heterocycles. The Morgan fingerprint density at radius 2 is 2.31 bits per heavy atom. The molecule has 1 heterocycles. The molecule has 0 spiro atoms. The Hall–Kier alpha value is 0.140. The molecule has 1 saturated carbocycles. The lowest BCUT2D eigenvalue weighted by molar-refractivity contribution is 0.470. The molecule has 1 nitrogen and oxygen atoms in total. The minimum Gasteiger partial charge on any atom is -0.314 e. The van der Waals surface area contributed by atoms with Gasteiger partial charge in [0.25, 0.3) is 0 Å². The number of nitrogens with one attached hydrogen (secondary N) is 1. The number of aryl methyl sites for hydroxylation is 1. The standard InChI is InChI=1S/C13H20BrNS/c1-10(6-8-15-11-3-4-11)2-5-13-12(14)7-9-16-13/h7,9-11,15H,2-6,8H2,1H3. The van der Waals surface area contributed by atoms with Crippen molar-refractivity contribution in [3.8, 4) is 0 Å². The van der Waals surface area contributed by atoms with Crippen LogP contribution in [-0.4, -0.2) is 12.6 Å². The second-order valence-corrected chi connectivity index (χ2v) is 6.71. The molecule has 3 heteroatoms. The van der Waals surface area contributed by atoms with Crippen LogP contribution in [0.15, 0.2) is 15.9 Å². The second-order valence-electron chi connectivity index (χ2n) is 4.85. The number of thiophene rings is 1. The van der Waals surface area contributed by atoms with E-state index in [4.69, 9.17) is 0 Å². The fourth-order valence-corrected chi connectivity index (χ4v) is 3.42. The van der Waals surface area contributed by atoms with Crippen molar-refractivity contribution in [3.05, 3.63) is 20.8 Å². The molecule has 0 radical (unpaired) electrons. The third kappa shape index (κ3) is 4.19. The lowest BCUT2D eigenvalue weighted by Crippen LogP contribution is -2.19. The lowest BCUT2D eigenvalue weighted by Gasteiger charge is -2.11. The summed E-state index contributed by atoms with van der Waals surface area (Å²) < 4.78 is 1.29. The Labute approximate surface area is 111 Å². The Bertz CT molecular complexity index is 319. The van der Waals surface area contributed by atoms with E-state index in [-0.39, 0.29) is 0 Å². The topological polar surface area (TPSA) is 12.0 Å². The summed E-state index contributed by atoms with van der Waals surface area (Å²) in [4.78, 5) is 1.50. The molecule has 2 rings (SSSR count). The van der Waals surface area contributed by atoms with Gasteiger partial charge in [-0.1, -0.05) is 6.92 Å². The molecule has 0 bridgehead atoms. The maximum atomic E-state index is 3.59. The van der Waals surface area contributed by atoms with Gasteiger partial charge in [-0.25, -0.2) is 0 Å². The molecule has 90 valence electrons. The molecule has 1 atom stereocenters. The van der Waals surface area contributed by atoms with Gasteiger partial charge in [0, 0.05) is 15.4 Å². The SMILES string of the molecule is CC(CCNC1CC1)CCc1sccc1Br. The van der Waals surface area contributed by atoms with Gasteiger partial charge in [-0.05, 0) is 71.9 Å². The van der Waals surface area contributed by atoms with Crippen LogP contribution in [0.3, 0.4) is 0 Å². The number of rotatable bonds is 7. The minimum absolute atomic E-state index is 0.834. The number of hydrogen-bond acceptors (Lipinski definition) is 2. The van der Waals surface area contributed by atoms with Crippen molar-refractivity contribution in [2.24, 2.45) is 5.92 Å². The Morgan fingerprint density at radius 1 is 1.50 bits per heavy atom. The fraction of sp³-hybridized carbons (Fsp3) is 0.692. The van der Waals surface area contributed by atoms with E-state index in [1.807, 2.05) is 11.3 Å². The molecule has 0 amide bonds. The van der Waals surface area contributed by atoms with E-state index in [0.29, 0.717) is 0 Å².